The molecule has 1 heterocycles. The number of rotatable bonds is 2. The van der Waals surface area contributed by atoms with Gasteiger partial charge in [-0.3, -0.25) is 0 Å². The predicted molar refractivity (Wildman–Crippen MR) is 52.7 cm³/mol. The van der Waals surface area contributed by atoms with E-state index in [1.54, 1.807) is 0 Å². The van der Waals surface area contributed by atoms with Gasteiger partial charge < -0.3 is 15.8 Å². The fraction of sp³-hybridized carbons (Fsp3) is 0.400. The lowest BCUT2D eigenvalue weighted by molar-refractivity contribution is 0.213. The van der Waals surface area contributed by atoms with Gasteiger partial charge in [-0.2, -0.15) is 0 Å². The molecule has 0 saturated carbocycles. The van der Waals surface area contributed by atoms with Gasteiger partial charge in [0.05, 0.1) is 0 Å². The lowest BCUT2D eigenvalue weighted by Gasteiger charge is -2.13. The minimum absolute atomic E-state index is 0.0614. The maximum atomic E-state index is 13.2. The summed E-state index contributed by atoms with van der Waals surface area (Å²) in [6.45, 7) is 1.70. The van der Waals surface area contributed by atoms with E-state index in [-0.39, 0.29) is 17.7 Å². The van der Waals surface area contributed by atoms with E-state index < -0.39 is 0 Å². The molecule has 76 valence electrons. The number of halogens is 1. The van der Waals surface area contributed by atoms with Crippen molar-refractivity contribution < 1.29 is 9.13 Å². The Morgan fingerprint density at radius 1 is 1.50 bits per heavy atom. The highest BCUT2D eigenvalue weighted by Crippen LogP contribution is 2.22. The molecule has 0 unspecified atom stereocenters. The Balaban J connectivity index is 2.10. The topological polar surface area (TPSA) is 47.3 Å². The Bertz CT molecular complexity index is 324. The summed E-state index contributed by atoms with van der Waals surface area (Å²) in [5, 5.41) is 3.15. The van der Waals surface area contributed by atoms with Crippen LogP contribution >= 0.6 is 0 Å². The summed E-state index contributed by atoms with van der Waals surface area (Å²) in [4.78, 5) is 0. The molecular formula is C10H13FN2O. The van der Waals surface area contributed by atoms with Crippen molar-refractivity contribution in [2.24, 2.45) is 0 Å². The van der Waals surface area contributed by atoms with Crippen LogP contribution in [0.15, 0.2) is 18.2 Å². The summed E-state index contributed by atoms with van der Waals surface area (Å²) in [5.41, 5.74) is 6.06. The number of anilines is 1. The first-order chi connectivity index (χ1) is 6.75. The smallest absolute Gasteiger partial charge is 0.165 e. The number of hydrogen-bond acceptors (Lipinski definition) is 3. The largest absolute Gasteiger partial charge is 0.486 e. The molecule has 0 aliphatic carbocycles. The fourth-order valence-corrected chi connectivity index (χ4v) is 1.52. The maximum Gasteiger partial charge on any atom is 0.165 e. The number of benzene rings is 1. The van der Waals surface area contributed by atoms with E-state index in [1.807, 2.05) is 0 Å². The molecule has 3 nitrogen and oxygen atoms in total. The molecule has 0 amide bonds. The van der Waals surface area contributed by atoms with Crippen molar-refractivity contribution in [2.45, 2.75) is 12.5 Å². The second-order valence-corrected chi connectivity index (χ2v) is 3.42. The van der Waals surface area contributed by atoms with Crippen LogP contribution < -0.4 is 15.8 Å². The van der Waals surface area contributed by atoms with E-state index in [4.69, 9.17) is 10.5 Å². The third-order valence-corrected chi connectivity index (χ3v) is 2.26. The number of nitrogen functional groups attached to an aromatic ring is 1. The van der Waals surface area contributed by atoms with Gasteiger partial charge in [0.25, 0.3) is 0 Å². The summed E-state index contributed by atoms with van der Waals surface area (Å²) >= 11 is 0. The molecule has 1 atom stereocenters. The number of ether oxygens (including phenoxy) is 1. The van der Waals surface area contributed by atoms with Crippen molar-refractivity contribution in [2.75, 3.05) is 18.8 Å². The Morgan fingerprint density at radius 2 is 2.36 bits per heavy atom. The highest BCUT2D eigenvalue weighted by atomic mass is 19.1. The molecular weight excluding hydrogens is 183 g/mol. The normalized spacial score (nSPS) is 21.1. The zero-order valence-electron chi connectivity index (χ0n) is 7.79. The molecule has 2 rings (SSSR count). The van der Waals surface area contributed by atoms with Crippen LogP contribution in [-0.2, 0) is 0 Å². The molecule has 0 bridgehead atoms. The van der Waals surface area contributed by atoms with Gasteiger partial charge in [0.1, 0.15) is 6.10 Å². The van der Waals surface area contributed by atoms with Crippen LogP contribution in [0.25, 0.3) is 0 Å². The standard InChI is InChI=1S/C10H13FN2O/c11-9-2-1-7(12)5-10(9)14-8-3-4-13-6-8/h1-2,5,8,13H,3-4,6,12H2/t8-/m1/s1. The zero-order valence-corrected chi connectivity index (χ0v) is 7.79. The van der Waals surface area contributed by atoms with Crippen LogP contribution in [0, 0.1) is 5.82 Å². The fourth-order valence-electron chi connectivity index (χ4n) is 1.52. The monoisotopic (exact) mass is 196 g/mol. The lowest BCUT2D eigenvalue weighted by Crippen LogP contribution is -2.20. The zero-order chi connectivity index (χ0) is 9.97. The number of nitrogens with one attached hydrogen (secondary N) is 1. The van der Waals surface area contributed by atoms with Crippen LogP contribution in [0.4, 0.5) is 10.1 Å². The molecule has 3 N–H and O–H groups in total. The third-order valence-electron chi connectivity index (χ3n) is 2.26. The molecule has 1 aromatic rings. The van der Waals surface area contributed by atoms with E-state index in [0.717, 1.165) is 19.5 Å². The van der Waals surface area contributed by atoms with Crippen LogP contribution in [0.1, 0.15) is 6.42 Å². The van der Waals surface area contributed by atoms with E-state index in [9.17, 15) is 4.39 Å². The average Bonchev–Trinajstić information content (AvgIpc) is 2.64. The quantitative estimate of drug-likeness (QED) is 0.697. The van der Waals surface area contributed by atoms with E-state index in [2.05, 4.69) is 5.32 Å². The predicted octanol–water partition coefficient (Wildman–Crippen LogP) is 1.15. The SMILES string of the molecule is Nc1ccc(F)c(O[C@@H]2CCNC2)c1. The Labute approximate surface area is 82.1 Å². The van der Waals surface area contributed by atoms with Crippen LogP contribution in [0.2, 0.25) is 0 Å². The van der Waals surface area contributed by atoms with Crippen molar-refractivity contribution in [3.63, 3.8) is 0 Å². The highest BCUT2D eigenvalue weighted by molar-refractivity contribution is 5.44. The van der Waals surface area contributed by atoms with Gasteiger partial charge in [0, 0.05) is 18.3 Å². The van der Waals surface area contributed by atoms with Crippen molar-refractivity contribution in [1.82, 2.24) is 5.32 Å². The summed E-state index contributed by atoms with van der Waals surface area (Å²) in [7, 11) is 0. The first-order valence-corrected chi connectivity index (χ1v) is 4.68. The van der Waals surface area contributed by atoms with Gasteiger partial charge in [-0.1, -0.05) is 0 Å². The van der Waals surface area contributed by atoms with E-state index in [1.165, 1.54) is 18.2 Å². The molecule has 0 radical (unpaired) electrons. The van der Waals surface area contributed by atoms with Gasteiger partial charge in [0.15, 0.2) is 11.6 Å². The minimum Gasteiger partial charge on any atom is -0.486 e. The number of nitrogens with two attached hydrogens (primary N) is 1. The van der Waals surface area contributed by atoms with Gasteiger partial charge in [-0.15, -0.1) is 0 Å². The molecule has 1 fully saturated rings. The Morgan fingerprint density at radius 3 is 3.07 bits per heavy atom. The molecule has 1 saturated heterocycles. The van der Waals surface area contributed by atoms with E-state index >= 15 is 0 Å². The first kappa shape index (κ1) is 9.27. The van der Waals surface area contributed by atoms with Crippen molar-refractivity contribution >= 4 is 5.69 Å². The minimum atomic E-state index is -0.355. The third kappa shape index (κ3) is 1.96. The van der Waals surface area contributed by atoms with Crippen molar-refractivity contribution in [1.29, 1.82) is 0 Å². The molecule has 4 heteroatoms. The van der Waals surface area contributed by atoms with Gasteiger partial charge >= 0.3 is 0 Å². The summed E-state index contributed by atoms with van der Waals surface area (Å²) in [6.07, 6.45) is 0.972. The molecule has 1 aliphatic heterocycles. The van der Waals surface area contributed by atoms with Crippen LogP contribution in [0.5, 0.6) is 5.75 Å². The van der Waals surface area contributed by atoms with Gasteiger partial charge in [-0.25, -0.2) is 4.39 Å². The highest BCUT2D eigenvalue weighted by Gasteiger charge is 2.17. The van der Waals surface area contributed by atoms with Crippen molar-refractivity contribution in [3.05, 3.63) is 24.0 Å². The molecule has 1 aliphatic rings. The summed E-state index contributed by atoms with van der Waals surface area (Å²) in [6, 6.07) is 4.37. The summed E-state index contributed by atoms with van der Waals surface area (Å²) < 4.78 is 18.7. The van der Waals surface area contributed by atoms with Crippen molar-refractivity contribution in [3.8, 4) is 5.75 Å². The Kier molecular flexibility index (Phi) is 2.54. The average molecular weight is 196 g/mol. The second-order valence-electron chi connectivity index (χ2n) is 3.42. The maximum absolute atomic E-state index is 13.2. The van der Waals surface area contributed by atoms with Gasteiger partial charge in [0.2, 0.25) is 0 Å². The lowest BCUT2D eigenvalue weighted by atomic mass is 10.2. The number of hydrogen-bond donors (Lipinski definition) is 2. The molecule has 1 aromatic carbocycles. The first-order valence-electron chi connectivity index (χ1n) is 4.68. The van der Waals surface area contributed by atoms with Gasteiger partial charge in [-0.05, 0) is 25.1 Å². The Hall–Kier alpha value is -1.29. The molecule has 14 heavy (non-hydrogen) atoms. The molecule has 0 spiro atoms. The van der Waals surface area contributed by atoms with E-state index in [0.29, 0.717) is 5.69 Å². The molecule has 0 aromatic heterocycles. The van der Waals surface area contributed by atoms with Crippen LogP contribution in [-0.4, -0.2) is 19.2 Å². The second kappa shape index (κ2) is 3.84. The van der Waals surface area contributed by atoms with Crippen LogP contribution in [0.3, 0.4) is 0 Å². The summed E-state index contributed by atoms with van der Waals surface area (Å²) in [5.74, 6) is -0.107.